The fraction of sp³-hybridized carbons (Fsp3) is 0.375. The smallest absolute Gasteiger partial charge is 0.345 e. The van der Waals surface area contributed by atoms with E-state index < -0.39 is 42.4 Å². The molecule has 0 radical (unpaired) electrons. The van der Waals surface area contributed by atoms with E-state index in [1.807, 2.05) is 0 Å². The monoisotopic (exact) mass is 533 g/mol. The van der Waals surface area contributed by atoms with Crippen LogP contribution < -0.4 is 10.2 Å². The normalized spacial score (nSPS) is 17.5. The molecule has 4 heterocycles. The van der Waals surface area contributed by atoms with Crippen molar-refractivity contribution in [1.82, 2.24) is 30.3 Å². The summed E-state index contributed by atoms with van der Waals surface area (Å²) in [5.74, 6) is -2.35. The van der Waals surface area contributed by atoms with Crippen LogP contribution in [0.3, 0.4) is 0 Å². The van der Waals surface area contributed by atoms with Gasteiger partial charge in [-0.05, 0) is 31.0 Å². The Labute approximate surface area is 213 Å². The molecule has 3 amide bonds. The van der Waals surface area contributed by atoms with Crippen molar-refractivity contribution < 1.29 is 31.9 Å². The largest absolute Gasteiger partial charge is 0.405 e. The van der Waals surface area contributed by atoms with Gasteiger partial charge in [0.2, 0.25) is 5.91 Å². The number of pyridine rings is 1. The summed E-state index contributed by atoms with van der Waals surface area (Å²) in [6.07, 6.45) is -1.35. The van der Waals surface area contributed by atoms with Gasteiger partial charge in [0.1, 0.15) is 24.4 Å². The molecule has 1 aromatic carbocycles. The van der Waals surface area contributed by atoms with Crippen LogP contribution in [0.15, 0.2) is 42.7 Å². The van der Waals surface area contributed by atoms with Crippen LogP contribution in [0, 0.1) is 5.82 Å². The number of alkyl halides is 3. The van der Waals surface area contributed by atoms with Crippen LogP contribution in [0.25, 0.3) is 11.0 Å². The van der Waals surface area contributed by atoms with Crippen LogP contribution >= 0.6 is 0 Å². The summed E-state index contributed by atoms with van der Waals surface area (Å²) in [4.78, 5) is 47.4. The molecular weight excluding hydrogens is 510 g/mol. The highest BCUT2D eigenvalue weighted by molar-refractivity contribution is 5.98. The number of carbonyl (C=O) groups is 3. The minimum Gasteiger partial charge on any atom is -0.345 e. The average molecular weight is 533 g/mol. The van der Waals surface area contributed by atoms with Gasteiger partial charge in [0, 0.05) is 24.7 Å². The second-order valence-electron chi connectivity index (χ2n) is 9.27. The maximum Gasteiger partial charge on any atom is 0.405 e. The summed E-state index contributed by atoms with van der Waals surface area (Å²) < 4.78 is 52.4. The predicted molar refractivity (Wildman–Crippen MR) is 126 cm³/mol. The molecule has 14 heteroatoms. The van der Waals surface area contributed by atoms with Crippen LogP contribution in [0.4, 0.5) is 23.2 Å². The van der Waals surface area contributed by atoms with Crippen LogP contribution in [-0.2, 0) is 9.59 Å². The summed E-state index contributed by atoms with van der Waals surface area (Å²) in [5, 5.41) is 9.03. The van der Waals surface area contributed by atoms with E-state index in [-0.39, 0.29) is 44.2 Å². The van der Waals surface area contributed by atoms with E-state index in [0.717, 1.165) is 4.90 Å². The highest BCUT2D eigenvalue weighted by atomic mass is 19.4. The number of aromatic nitrogens is 3. The van der Waals surface area contributed by atoms with E-state index in [2.05, 4.69) is 15.2 Å². The molecule has 2 N–H and O–H groups in total. The standard InChI is InChI=1S/C24H23F4N7O3/c25-17-3-1-2-4-18(17)35-14-34(12-19(36)30-13-24(26,27)28)22(38)23(35)5-7-33(8-6-23)21(37)16-9-15-11-31-32-20(15)29-10-16/h1-4,9-11H,5-8,12-14H2,(H,30,36)(H,29,31,32). The highest BCUT2D eigenvalue weighted by Gasteiger charge is 2.55. The Morgan fingerprint density at radius 1 is 1.13 bits per heavy atom. The topological polar surface area (TPSA) is 115 Å². The lowest BCUT2D eigenvalue weighted by molar-refractivity contribution is -0.142. The first-order valence-corrected chi connectivity index (χ1v) is 11.8. The number of rotatable bonds is 5. The zero-order valence-corrected chi connectivity index (χ0v) is 20.0. The second kappa shape index (κ2) is 9.58. The van der Waals surface area contributed by atoms with Gasteiger partial charge in [0.05, 0.1) is 24.1 Å². The van der Waals surface area contributed by atoms with Crippen molar-refractivity contribution in [2.75, 3.05) is 37.7 Å². The molecule has 200 valence electrons. The van der Waals surface area contributed by atoms with Crippen LogP contribution in [-0.4, -0.2) is 87.3 Å². The average Bonchev–Trinajstić information content (AvgIpc) is 3.46. The van der Waals surface area contributed by atoms with E-state index in [1.54, 1.807) is 33.4 Å². The lowest BCUT2D eigenvalue weighted by Gasteiger charge is -2.43. The Bertz CT molecular complexity index is 1380. The number of aromatic amines is 1. The lowest BCUT2D eigenvalue weighted by Crippen LogP contribution is -2.57. The maximum absolute atomic E-state index is 14.8. The number of anilines is 1. The molecular formula is C24H23F4N7O3. The molecule has 3 aromatic rings. The summed E-state index contributed by atoms with van der Waals surface area (Å²) in [7, 11) is 0. The number of fused-ring (bicyclic) bond motifs is 1. The molecule has 38 heavy (non-hydrogen) atoms. The van der Waals surface area contributed by atoms with Crippen LogP contribution in [0.5, 0.6) is 0 Å². The van der Waals surface area contributed by atoms with Gasteiger partial charge >= 0.3 is 6.18 Å². The van der Waals surface area contributed by atoms with Gasteiger partial charge in [0.25, 0.3) is 11.8 Å². The van der Waals surface area contributed by atoms with Crippen molar-refractivity contribution >= 4 is 34.4 Å². The van der Waals surface area contributed by atoms with E-state index in [0.29, 0.717) is 16.6 Å². The molecule has 2 aliphatic rings. The molecule has 0 unspecified atom stereocenters. The van der Waals surface area contributed by atoms with E-state index >= 15 is 0 Å². The van der Waals surface area contributed by atoms with Crippen molar-refractivity contribution in [2.24, 2.45) is 0 Å². The van der Waals surface area contributed by atoms with Crippen molar-refractivity contribution in [1.29, 1.82) is 0 Å². The first kappa shape index (κ1) is 25.4. The van der Waals surface area contributed by atoms with Gasteiger partial charge in [-0.2, -0.15) is 18.3 Å². The van der Waals surface area contributed by atoms with Crippen molar-refractivity contribution in [3.63, 3.8) is 0 Å². The summed E-state index contributed by atoms with van der Waals surface area (Å²) in [5.41, 5.74) is -0.249. The number of amides is 3. The van der Waals surface area contributed by atoms with Gasteiger partial charge < -0.3 is 20.0 Å². The number of nitrogens with zero attached hydrogens (tertiary/aromatic N) is 5. The number of para-hydroxylation sites is 1. The minimum absolute atomic E-state index is 0.133. The Kier molecular flexibility index (Phi) is 6.41. The molecule has 10 nitrogen and oxygen atoms in total. The molecule has 2 saturated heterocycles. The quantitative estimate of drug-likeness (QED) is 0.486. The third-order valence-electron chi connectivity index (χ3n) is 6.89. The number of hydrogen-bond donors (Lipinski definition) is 2. The molecule has 2 fully saturated rings. The number of H-pyrrole nitrogens is 1. The Balaban J connectivity index is 1.36. The van der Waals surface area contributed by atoms with E-state index in [1.165, 1.54) is 24.4 Å². The van der Waals surface area contributed by atoms with Gasteiger partial charge in [-0.1, -0.05) is 12.1 Å². The fourth-order valence-corrected chi connectivity index (χ4v) is 5.01. The number of halogens is 4. The number of nitrogens with one attached hydrogen (secondary N) is 2. The van der Waals surface area contributed by atoms with Gasteiger partial charge in [-0.3, -0.25) is 19.5 Å². The number of piperidine rings is 1. The molecule has 0 bridgehead atoms. The molecule has 1 spiro atoms. The maximum atomic E-state index is 14.8. The van der Waals surface area contributed by atoms with Crippen LogP contribution in [0.1, 0.15) is 23.2 Å². The molecule has 0 atom stereocenters. The number of likely N-dealkylation sites (tertiary alicyclic amines) is 1. The fourth-order valence-electron chi connectivity index (χ4n) is 5.01. The van der Waals surface area contributed by atoms with Crippen molar-refractivity contribution in [2.45, 2.75) is 24.6 Å². The molecule has 5 rings (SSSR count). The highest BCUT2D eigenvalue weighted by Crippen LogP contribution is 2.40. The van der Waals surface area contributed by atoms with Gasteiger partial charge in [-0.25, -0.2) is 9.37 Å². The zero-order chi connectivity index (χ0) is 27.1. The van der Waals surface area contributed by atoms with Gasteiger partial charge in [-0.15, -0.1) is 0 Å². The number of hydrogen-bond acceptors (Lipinski definition) is 6. The minimum atomic E-state index is -4.60. The Morgan fingerprint density at radius 3 is 2.58 bits per heavy atom. The molecule has 2 aromatic heterocycles. The number of benzene rings is 1. The molecule has 2 aliphatic heterocycles. The summed E-state index contributed by atoms with van der Waals surface area (Å²) in [6.45, 7) is -2.00. The zero-order valence-electron chi connectivity index (χ0n) is 20.0. The van der Waals surface area contributed by atoms with Crippen molar-refractivity contribution in [3.8, 4) is 0 Å². The second-order valence-corrected chi connectivity index (χ2v) is 9.27. The third kappa shape index (κ3) is 4.73. The Morgan fingerprint density at radius 2 is 1.87 bits per heavy atom. The van der Waals surface area contributed by atoms with Crippen LogP contribution in [0.2, 0.25) is 0 Å². The van der Waals surface area contributed by atoms with E-state index in [4.69, 9.17) is 0 Å². The lowest BCUT2D eigenvalue weighted by atomic mass is 9.85. The first-order valence-electron chi connectivity index (χ1n) is 11.8. The van der Waals surface area contributed by atoms with Crippen molar-refractivity contribution in [3.05, 3.63) is 54.1 Å². The molecule has 0 aliphatic carbocycles. The SMILES string of the molecule is O=C(CN1CN(c2ccccc2F)C2(CCN(C(=O)c3cnc4[nH]ncc4c3)CC2)C1=O)NCC(F)(F)F. The van der Waals surface area contributed by atoms with E-state index in [9.17, 15) is 31.9 Å². The summed E-state index contributed by atoms with van der Waals surface area (Å²) >= 11 is 0. The first-order chi connectivity index (χ1) is 18.1. The number of carbonyl (C=O) groups excluding carboxylic acids is 3. The third-order valence-corrected chi connectivity index (χ3v) is 6.89. The predicted octanol–water partition coefficient (Wildman–Crippen LogP) is 2.06. The van der Waals surface area contributed by atoms with Gasteiger partial charge in [0.15, 0.2) is 5.65 Å². The molecule has 0 saturated carbocycles. The summed E-state index contributed by atoms with van der Waals surface area (Å²) in [6, 6.07) is 7.50. The Hall–Kier alpha value is -4.23.